The first-order chi connectivity index (χ1) is 8.95. The van der Waals surface area contributed by atoms with Crippen LogP contribution in [0.25, 0.3) is 0 Å². The van der Waals surface area contributed by atoms with Crippen molar-refractivity contribution in [1.82, 2.24) is 5.32 Å². The molecule has 0 saturated carbocycles. The minimum Gasteiger partial charge on any atom is -0.388 e. The molecule has 0 aromatic heterocycles. The van der Waals surface area contributed by atoms with Crippen LogP contribution in [-0.4, -0.2) is 62.9 Å². The van der Waals surface area contributed by atoms with Gasteiger partial charge in [-0.25, -0.2) is 0 Å². The molecule has 108 valence electrons. The lowest BCUT2D eigenvalue weighted by Crippen LogP contribution is -2.61. The Kier molecular flexibility index (Phi) is 4.52. The summed E-state index contributed by atoms with van der Waals surface area (Å²) in [5, 5.41) is 33.9. The average molecular weight is 288 g/mol. The van der Waals surface area contributed by atoms with E-state index in [-0.39, 0.29) is 5.44 Å². The summed E-state index contributed by atoms with van der Waals surface area (Å²) in [7, 11) is 0. The van der Waals surface area contributed by atoms with Crippen LogP contribution >= 0.6 is 11.8 Å². The number of aliphatic imine (C=N–C) groups is 1. The van der Waals surface area contributed by atoms with E-state index in [0.717, 1.165) is 0 Å². The lowest BCUT2D eigenvalue weighted by Gasteiger charge is -2.40. The number of rotatable bonds is 3. The zero-order chi connectivity index (χ0) is 14.2. The molecule has 0 aliphatic carbocycles. The van der Waals surface area contributed by atoms with Crippen molar-refractivity contribution in [2.45, 2.75) is 49.7 Å². The van der Waals surface area contributed by atoms with Crippen molar-refractivity contribution in [1.29, 1.82) is 0 Å². The Balaban J connectivity index is 2.14. The second kappa shape index (κ2) is 5.80. The standard InChI is InChI=1S/C12H20N2O4S/c1-4-13-12-14-6-8(16)9(17)10(7(15)5(2)3)18-11(6)19-12/h6-11,15-17H,2,4H2,1,3H3,(H,13,14). The van der Waals surface area contributed by atoms with E-state index >= 15 is 0 Å². The molecule has 0 amide bonds. The highest BCUT2D eigenvalue weighted by molar-refractivity contribution is 8.14. The fourth-order valence-electron chi connectivity index (χ4n) is 2.20. The van der Waals surface area contributed by atoms with Gasteiger partial charge in [0.15, 0.2) is 5.17 Å². The smallest absolute Gasteiger partial charge is 0.159 e. The first kappa shape index (κ1) is 14.8. The van der Waals surface area contributed by atoms with Gasteiger partial charge in [0.05, 0.1) is 6.04 Å². The molecule has 2 heterocycles. The molecular formula is C12H20N2O4S. The van der Waals surface area contributed by atoms with Gasteiger partial charge in [0.25, 0.3) is 0 Å². The van der Waals surface area contributed by atoms with Crippen LogP contribution in [0.3, 0.4) is 0 Å². The molecular weight excluding hydrogens is 268 g/mol. The fraction of sp³-hybridized carbons (Fsp3) is 0.750. The Bertz CT molecular complexity index is 390. The number of hydrogen-bond donors (Lipinski definition) is 4. The predicted octanol–water partition coefficient (Wildman–Crippen LogP) is -0.549. The average Bonchev–Trinajstić information content (AvgIpc) is 2.76. The minimum absolute atomic E-state index is 0.373. The summed E-state index contributed by atoms with van der Waals surface area (Å²) in [6.07, 6.45) is -4.06. The maximum absolute atomic E-state index is 10.1. The topological polar surface area (TPSA) is 94.3 Å². The molecule has 7 heteroatoms. The van der Waals surface area contributed by atoms with E-state index in [4.69, 9.17) is 4.74 Å². The van der Waals surface area contributed by atoms with E-state index in [0.29, 0.717) is 17.3 Å². The summed E-state index contributed by atoms with van der Waals surface area (Å²) in [5.41, 5.74) is 0.121. The van der Waals surface area contributed by atoms with Crippen molar-refractivity contribution in [3.05, 3.63) is 12.2 Å². The van der Waals surface area contributed by atoms with Crippen molar-refractivity contribution >= 4 is 16.9 Å². The Morgan fingerprint density at radius 1 is 1.53 bits per heavy atom. The third-order valence-electron chi connectivity index (χ3n) is 3.27. The van der Waals surface area contributed by atoms with Crippen molar-refractivity contribution in [3.8, 4) is 0 Å². The number of fused-ring (bicyclic) bond motifs is 1. The molecule has 0 bridgehead atoms. The van der Waals surface area contributed by atoms with Gasteiger partial charge in [-0.15, -0.1) is 0 Å². The molecule has 19 heavy (non-hydrogen) atoms. The highest BCUT2D eigenvalue weighted by atomic mass is 32.2. The summed E-state index contributed by atoms with van der Waals surface area (Å²) >= 11 is 1.36. The second-order valence-corrected chi connectivity index (χ2v) is 5.90. The van der Waals surface area contributed by atoms with Gasteiger partial charge < -0.3 is 25.4 Å². The summed E-state index contributed by atoms with van der Waals surface area (Å²) in [6.45, 7) is 7.85. The largest absolute Gasteiger partial charge is 0.388 e. The van der Waals surface area contributed by atoms with Gasteiger partial charge in [-0.3, -0.25) is 4.99 Å². The number of thioether (sulfide) groups is 1. The monoisotopic (exact) mass is 288 g/mol. The lowest BCUT2D eigenvalue weighted by molar-refractivity contribution is -0.181. The molecule has 4 N–H and O–H groups in total. The number of hydrogen-bond acceptors (Lipinski definition) is 6. The number of nitrogens with zero attached hydrogens (tertiary/aromatic N) is 1. The maximum Gasteiger partial charge on any atom is 0.159 e. The van der Waals surface area contributed by atoms with Crippen LogP contribution < -0.4 is 5.32 Å². The van der Waals surface area contributed by atoms with Crippen molar-refractivity contribution in [2.24, 2.45) is 4.99 Å². The zero-order valence-corrected chi connectivity index (χ0v) is 11.8. The van der Waals surface area contributed by atoms with Gasteiger partial charge in [-0.2, -0.15) is 0 Å². The van der Waals surface area contributed by atoms with Gasteiger partial charge in [-0.1, -0.05) is 18.3 Å². The summed E-state index contributed by atoms with van der Waals surface area (Å²) in [5.74, 6) is 0. The van der Waals surface area contributed by atoms with E-state index in [1.807, 2.05) is 6.92 Å². The molecule has 2 aliphatic rings. The highest BCUT2D eigenvalue weighted by Gasteiger charge is 2.50. The van der Waals surface area contributed by atoms with E-state index in [2.05, 4.69) is 16.9 Å². The molecule has 2 rings (SSSR count). The zero-order valence-electron chi connectivity index (χ0n) is 11.0. The summed E-state index contributed by atoms with van der Waals surface area (Å²) in [6, 6.07) is -0.418. The van der Waals surface area contributed by atoms with Gasteiger partial charge in [0, 0.05) is 6.54 Å². The molecule has 6 atom stereocenters. The normalized spacial score (nSPS) is 41.7. The quantitative estimate of drug-likeness (QED) is 0.521. The van der Waals surface area contributed by atoms with Gasteiger partial charge >= 0.3 is 0 Å². The maximum atomic E-state index is 10.1. The third-order valence-corrected chi connectivity index (χ3v) is 4.38. The molecule has 0 aromatic rings. The van der Waals surface area contributed by atoms with E-state index in [9.17, 15) is 15.3 Å². The minimum atomic E-state index is -1.16. The van der Waals surface area contributed by atoms with Crippen LogP contribution in [0.15, 0.2) is 17.1 Å². The lowest BCUT2D eigenvalue weighted by atomic mass is 9.92. The molecule has 2 aliphatic heterocycles. The molecule has 2 fully saturated rings. The van der Waals surface area contributed by atoms with Crippen molar-refractivity contribution in [3.63, 3.8) is 0 Å². The van der Waals surface area contributed by atoms with Crippen LogP contribution in [0.4, 0.5) is 0 Å². The van der Waals surface area contributed by atoms with Crippen LogP contribution in [-0.2, 0) is 4.74 Å². The van der Waals surface area contributed by atoms with Crippen molar-refractivity contribution in [2.75, 3.05) is 6.54 Å². The first-order valence-corrected chi connectivity index (χ1v) is 7.16. The number of aliphatic hydroxyl groups excluding tert-OH is 3. The van der Waals surface area contributed by atoms with E-state index in [1.54, 1.807) is 6.92 Å². The highest BCUT2D eigenvalue weighted by Crippen LogP contribution is 2.35. The molecule has 0 spiro atoms. The Labute approximate surface area is 116 Å². The third kappa shape index (κ3) is 2.80. The summed E-state index contributed by atoms with van der Waals surface area (Å²) < 4.78 is 5.69. The first-order valence-electron chi connectivity index (χ1n) is 6.28. The van der Waals surface area contributed by atoms with Gasteiger partial charge in [-0.05, 0) is 19.4 Å². The number of aliphatic hydroxyl groups is 3. The number of ether oxygens (including phenoxy) is 1. The second-order valence-electron chi connectivity index (χ2n) is 4.81. The Hall–Kier alpha value is -0.600. The van der Waals surface area contributed by atoms with E-state index < -0.39 is 30.5 Å². The molecule has 2 saturated heterocycles. The molecule has 0 aromatic carbocycles. The Morgan fingerprint density at radius 3 is 2.79 bits per heavy atom. The fourth-order valence-corrected chi connectivity index (χ4v) is 3.38. The van der Waals surface area contributed by atoms with Crippen LogP contribution in [0.5, 0.6) is 0 Å². The van der Waals surface area contributed by atoms with Crippen LogP contribution in [0.2, 0.25) is 0 Å². The van der Waals surface area contributed by atoms with Crippen LogP contribution in [0, 0.1) is 0 Å². The molecule has 6 nitrogen and oxygen atoms in total. The van der Waals surface area contributed by atoms with Crippen molar-refractivity contribution < 1.29 is 20.1 Å². The number of amidine groups is 1. The Morgan fingerprint density at radius 2 is 2.21 bits per heavy atom. The van der Waals surface area contributed by atoms with Gasteiger partial charge in [0.2, 0.25) is 0 Å². The number of nitrogens with one attached hydrogen (secondary N) is 1. The summed E-state index contributed by atoms with van der Waals surface area (Å²) in [4.78, 5) is 4.23. The molecule has 0 radical (unpaired) electrons. The predicted molar refractivity (Wildman–Crippen MR) is 74.0 cm³/mol. The van der Waals surface area contributed by atoms with E-state index in [1.165, 1.54) is 11.8 Å². The SMILES string of the molecule is C=C(C)C(O)C1OC2SC(=NCC)NC2C(O)C1O. The van der Waals surface area contributed by atoms with Crippen LogP contribution in [0.1, 0.15) is 13.8 Å². The molecule has 6 unspecified atom stereocenters. The van der Waals surface area contributed by atoms with Gasteiger partial charge in [0.1, 0.15) is 29.9 Å².